The minimum absolute atomic E-state index is 0.00593. The molecule has 3 rings (SSSR count). The number of rotatable bonds is 6. The van der Waals surface area contributed by atoms with Crippen molar-refractivity contribution in [3.8, 4) is 0 Å². The highest BCUT2D eigenvalue weighted by atomic mass is 32.2. The van der Waals surface area contributed by atoms with E-state index in [4.69, 9.17) is 10.3 Å². The summed E-state index contributed by atoms with van der Waals surface area (Å²) in [5, 5.41) is 45.7. The van der Waals surface area contributed by atoms with Crippen LogP contribution in [0.15, 0.2) is 11.6 Å². The van der Waals surface area contributed by atoms with E-state index >= 15 is 0 Å². The average molecular weight is 461 g/mol. The molecule has 1 heterocycles. The van der Waals surface area contributed by atoms with E-state index in [2.05, 4.69) is 0 Å². The fourth-order valence-corrected chi connectivity index (χ4v) is 6.62. The number of carbonyl (C=O) groups is 1. The lowest BCUT2D eigenvalue weighted by Crippen LogP contribution is -2.77. The first kappa shape index (κ1) is 23.7. The summed E-state index contributed by atoms with van der Waals surface area (Å²) >= 11 is 0.963. The Hall–Kier alpha value is -0.480. The second-order valence-electron chi connectivity index (χ2n) is 10.6. The first-order chi connectivity index (χ1) is 14.7. The Kier molecular flexibility index (Phi) is 6.17. The summed E-state index contributed by atoms with van der Waals surface area (Å²) < 4.78 is 18.7. The highest BCUT2D eigenvalue weighted by molar-refractivity contribution is 7.93. The van der Waals surface area contributed by atoms with Crippen LogP contribution in [0.4, 0.5) is 0 Å². The number of hydrogen-bond donors (Lipinski definition) is 4. The SMILES string of the molecule is [3H]CSO[C@H]1C[C@@](O)([C@@H](O)[C@@H]2[C@]3(O)CO[C@@H]3C[C@H](C)[C@@]2(C)C(=O)[C@@H](C)O)C(C)(C)C=C1C. The van der Waals surface area contributed by atoms with Gasteiger partial charge in [-0.15, -0.1) is 0 Å². The zero-order chi connectivity index (χ0) is 24.3. The zero-order valence-electron chi connectivity index (χ0n) is 20.3. The van der Waals surface area contributed by atoms with Gasteiger partial charge in [0.25, 0.3) is 0 Å². The van der Waals surface area contributed by atoms with Crippen LogP contribution in [0.2, 0.25) is 0 Å². The molecule has 1 aliphatic heterocycles. The van der Waals surface area contributed by atoms with Crippen LogP contribution < -0.4 is 0 Å². The van der Waals surface area contributed by atoms with Crippen molar-refractivity contribution in [3.63, 3.8) is 0 Å². The van der Waals surface area contributed by atoms with Crippen molar-refractivity contribution < 1.29 is 35.5 Å². The molecule has 3 aliphatic rings. The molecule has 0 amide bonds. The first-order valence-electron chi connectivity index (χ1n) is 11.6. The molecular weight excluding hydrogens is 420 g/mol. The van der Waals surface area contributed by atoms with Gasteiger partial charge in [-0.3, -0.25) is 4.79 Å². The van der Waals surface area contributed by atoms with Gasteiger partial charge < -0.3 is 29.3 Å². The summed E-state index contributed by atoms with van der Waals surface area (Å²) in [6.07, 6.45) is -1.54. The van der Waals surface area contributed by atoms with Gasteiger partial charge in [0.2, 0.25) is 0 Å². The molecule has 0 spiro atoms. The highest BCUT2D eigenvalue weighted by Crippen LogP contribution is 2.60. The third kappa shape index (κ3) is 3.54. The van der Waals surface area contributed by atoms with Crippen LogP contribution in [0, 0.1) is 22.7 Å². The highest BCUT2D eigenvalue weighted by Gasteiger charge is 2.71. The molecule has 2 aliphatic carbocycles. The number of ether oxygens (including phenoxy) is 1. The summed E-state index contributed by atoms with van der Waals surface area (Å²) in [5.41, 5.74) is -4.53. The maximum Gasteiger partial charge on any atom is 0.167 e. The van der Waals surface area contributed by atoms with E-state index in [0.29, 0.717) is 6.42 Å². The van der Waals surface area contributed by atoms with Crippen LogP contribution in [0.25, 0.3) is 0 Å². The minimum Gasteiger partial charge on any atom is -0.390 e. The van der Waals surface area contributed by atoms with Crippen molar-refractivity contribution in [3.05, 3.63) is 11.6 Å². The van der Waals surface area contributed by atoms with Crippen LogP contribution in [-0.4, -0.2) is 74.7 Å². The van der Waals surface area contributed by atoms with Crippen molar-refractivity contribution in [2.75, 3.05) is 12.8 Å². The van der Waals surface area contributed by atoms with Crippen molar-refractivity contribution in [1.29, 1.82) is 0 Å². The molecule has 0 aromatic carbocycles. The minimum atomic E-state index is -1.74. The molecule has 31 heavy (non-hydrogen) atoms. The van der Waals surface area contributed by atoms with Crippen molar-refractivity contribution in [2.24, 2.45) is 22.7 Å². The molecule has 0 bridgehead atoms. The van der Waals surface area contributed by atoms with Gasteiger partial charge in [-0.2, -0.15) is 0 Å². The van der Waals surface area contributed by atoms with E-state index in [9.17, 15) is 25.2 Å². The van der Waals surface area contributed by atoms with Crippen LogP contribution in [0.3, 0.4) is 0 Å². The molecule has 0 radical (unpaired) electrons. The molecule has 0 unspecified atom stereocenters. The largest absolute Gasteiger partial charge is 0.390 e. The first-order valence-corrected chi connectivity index (χ1v) is 11.8. The van der Waals surface area contributed by atoms with E-state index in [1.165, 1.54) is 6.92 Å². The second-order valence-corrected chi connectivity index (χ2v) is 11.0. The maximum absolute atomic E-state index is 13.3. The summed E-state index contributed by atoms with van der Waals surface area (Å²) in [7, 11) is 0. The Labute approximate surface area is 190 Å². The van der Waals surface area contributed by atoms with Gasteiger partial charge >= 0.3 is 0 Å². The standard InChI is InChI=1S/C23H38O7S/c1-12-9-20(4,5)23(28,10-15(12)30-31-7)19(26)17-21(6,18(25)14(3)24)13(2)8-16-22(17,27)11-29-16/h9,13-17,19,24,26-28H,8,10-11H2,1-7H3/t13-,14+,15-,16+,17-,19-,21+,22-,23+/m0/s1/i7T. The third-order valence-electron chi connectivity index (χ3n) is 8.46. The van der Waals surface area contributed by atoms with Gasteiger partial charge in [0, 0.05) is 30.8 Å². The third-order valence-corrected chi connectivity index (χ3v) is 8.83. The van der Waals surface area contributed by atoms with Crippen LogP contribution in [-0.2, 0) is 13.7 Å². The normalized spacial score (nSPS) is 46.8. The predicted octanol–water partition coefficient (Wildman–Crippen LogP) is 1.86. The van der Waals surface area contributed by atoms with E-state index in [1.807, 2.05) is 33.8 Å². The smallest absolute Gasteiger partial charge is 0.167 e. The van der Waals surface area contributed by atoms with Gasteiger partial charge in [0.05, 0.1) is 24.9 Å². The molecule has 8 heteroatoms. The van der Waals surface area contributed by atoms with Gasteiger partial charge in [-0.05, 0) is 43.8 Å². The van der Waals surface area contributed by atoms with Crippen LogP contribution in [0.1, 0.15) is 55.8 Å². The Morgan fingerprint density at radius 3 is 2.52 bits per heavy atom. The maximum atomic E-state index is 13.3. The number of fused-ring (bicyclic) bond motifs is 1. The molecule has 0 aromatic heterocycles. The lowest BCUT2D eigenvalue weighted by Gasteiger charge is -2.65. The number of aliphatic hydroxyl groups is 4. The Balaban J connectivity index is 2.10. The average Bonchev–Trinajstić information content (AvgIpc) is 2.70. The molecular formula is C23H38O7S. The van der Waals surface area contributed by atoms with Crippen LogP contribution in [0.5, 0.6) is 0 Å². The van der Waals surface area contributed by atoms with Crippen molar-refractivity contribution in [1.82, 2.24) is 0 Å². The molecule has 2 fully saturated rings. The monoisotopic (exact) mass is 460 g/mol. The lowest BCUT2D eigenvalue weighted by molar-refractivity contribution is -0.335. The fourth-order valence-electron chi connectivity index (χ4n) is 6.24. The Morgan fingerprint density at radius 1 is 1.35 bits per heavy atom. The van der Waals surface area contributed by atoms with Gasteiger partial charge in [0.1, 0.15) is 17.3 Å². The summed E-state index contributed by atoms with van der Waals surface area (Å²) in [5.74, 6) is -1.82. The van der Waals surface area contributed by atoms with E-state index in [-0.39, 0.29) is 25.2 Å². The predicted molar refractivity (Wildman–Crippen MR) is 118 cm³/mol. The van der Waals surface area contributed by atoms with Crippen molar-refractivity contribution in [2.45, 2.75) is 90.0 Å². The quantitative estimate of drug-likeness (QED) is 0.351. The van der Waals surface area contributed by atoms with E-state index < -0.39 is 58.1 Å². The summed E-state index contributed by atoms with van der Waals surface area (Å²) in [4.78, 5) is 13.3. The van der Waals surface area contributed by atoms with Gasteiger partial charge in [-0.1, -0.05) is 33.8 Å². The van der Waals surface area contributed by atoms with Crippen molar-refractivity contribution >= 4 is 17.8 Å². The topological polar surface area (TPSA) is 116 Å². The fraction of sp³-hybridized carbons (Fsp3) is 0.870. The Morgan fingerprint density at radius 2 is 2.00 bits per heavy atom. The molecule has 4 N–H and O–H groups in total. The number of aliphatic hydroxyl groups excluding tert-OH is 2. The number of hydrogen-bond acceptors (Lipinski definition) is 8. The zero-order valence-corrected chi connectivity index (χ0v) is 20.1. The van der Waals surface area contributed by atoms with E-state index in [1.54, 1.807) is 6.92 Å². The summed E-state index contributed by atoms with van der Waals surface area (Å²) in [6.45, 7) is 10.4. The second kappa shape index (κ2) is 8.08. The molecule has 7 nitrogen and oxygen atoms in total. The molecule has 0 aromatic rings. The van der Waals surface area contributed by atoms with Crippen LogP contribution >= 0.6 is 12.0 Å². The number of ketones is 1. The van der Waals surface area contributed by atoms with Gasteiger partial charge in [-0.25, -0.2) is 0 Å². The lowest BCUT2D eigenvalue weighted by atomic mass is 9.47. The van der Waals surface area contributed by atoms with E-state index in [0.717, 1.165) is 17.6 Å². The molecule has 1 saturated heterocycles. The summed E-state index contributed by atoms with van der Waals surface area (Å²) in [6, 6.07) is 0. The number of carbonyl (C=O) groups excluding carboxylic acids is 1. The molecule has 1 saturated carbocycles. The molecule has 178 valence electrons. The number of Topliss-reactive ketones (excluding diaryl/α,β-unsaturated/α-hetero) is 1. The van der Waals surface area contributed by atoms with Gasteiger partial charge in [0.15, 0.2) is 5.78 Å². The Bertz CT molecular complexity index is 773. The molecule has 9 atom stereocenters.